The zero-order chi connectivity index (χ0) is 16.4. The normalized spacial score (nSPS) is 24.3. The minimum Gasteiger partial charge on any atom is -0.393 e. The maximum Gasteiger partial charge on any atom is 0.273 e. The van der Waals surface area contributed by atoms with Gasteiger partial charge in [0.25, 0.3) is 12.3 Å². The Morgan fingerprint density at radius 3 is 3.04 bits per heavy atom. The monoisotopic (exact) mass is 342 g/mol. The van der Waals surface area contributed by atoms with Crippen LogP contribution in [0.5, 0.6) is 0 Å². The first-order chi connectivity index (χ1) is 11.1. The van der Waals surface area contributed by atoms with E-state index < -0.39 is 18.4 Å². The van der Waals surface area contributed by atoms with Gasteiger partial charge in [-0.1, -0.05) is 0 Å². The number of H-pyrrole nitrogens is 1. The van der Waals surface area contributed by atoms with Crippen molar-refractivity contribution in [2.24, 2.45) is 5.92 Å². The number of aliphatic hydroxyl groups is 1. The van der Waals surface area contributed by atoms with Gasteiger partial charge in [0, 0.05) is 18.4 Å². The number of alkyl halides is 2. The van der Waals surface area contributed by atoms with E-state index in [1.54, 1.807) is 0 Å². The van der Waals surface area contributed by atoms with Crippen LogP contribution in [-0.4, -0.2) is 38.8 Å². The van der Waals surface area contributed by atoms with E-state index in [0.29, 0.717) is 12.8 Å². The van der Waals surface area contributed by atoms with Crippen LogP contribution in [0.3, 0.4) is 0 Å². The number of hydrogen-bond donors (Lipinski definition) is 3. The first kappa shape index (κ1) is 16.0. The molecule has 0 radical (unpaired) electrons. The van der Waals surface area contributed by atoms with Crippen molar-refractivity contribution in [1.29, 1.82) is 0 Å². The average molecular weight is 342 g/mol. The Balaban J connectivity index is 1.58. The van der Waals surface area contributed by atoms with Crippen LogP contribution in [0.1, 0.15) is 46.2 Å². The second-order valence-corrected chi connectivity index (χ2v) is 6.52. The Morgan fingerprint density at radius 2 is 2.35 bits per heavy atom. The highest BCUT2D eigenvalue weighted by Gasteiger charge is 2.35. The molecule has 6 nitrogen and oxygen atoms in total. The van der Waals surface area contributed by atoms with Crippen LogP contribution in [0.25, 0.3) is 0 Å². The Bertz CT molecular complexity index is 662. The molecule has 0 bridgehead atoms. The number of carbonyl (C=O) groups excluding carboxylic acids is 1. The van der Waals surface area contributed by atoms with Gasteiger partial charge in [-0.3, -0.25) is 9.89 Å². The fraction of sp³-hybridized carbons (Fsp3) is 0.500. The second-order valence-electron chi connectivity index (χ2n) is 5.58. The van der Waals surface area contributed by atoms with Crippen LogP contribution >= 0.6 is 11.3 Å². The van der Waals surface area contributed by atoms with Gasteiger partial charge in [-0.25, -0.2) is 13.8 Å². The van der Waals surface area contributed by atoms with Crippen molar-refractivity contribution in [3.8, 4) is 0 Å². The van der Waals surface area contributed by atoms with Crippen molar-refractivity contribution >= 4 is 17.2 Å². The van der Waals surface area contributed by atoms with Gasteiger partial charge in [-0.15, -0.1) is 11.3 Å². The van der Waals surface area contributed by atoms with Crippen LogP contribution in [0.15, 0.2) is 17.8 Å². The molecule has 1 aliphatic carbocycles. The predicted octanol–water partition coefficient (Wildman–Crippen LogP) is 2.09. The van der Waals surface area contributed by atoms with E-state index in [4.69, 9.17) is 0 Å². The Morgan fingerprint density at radius 1 is 1.52 bits per heavy atom. The third kappa shape index (κ3) is 3.40. The van der Waals surface area contributed by atoms with Crippen molar-refractivity contribution in [2.45, 2.75) is 31.3 Å². The van der Waals surface area contributed by atoms with Crippen LogP contribution in [0.2, 0.25) is 0 Å². The fourth-order valence-corrected chi connectivity index (χ4v) is 3.69. The number of thiophene rings is 1. The predicted molar refractivity (Wildman–Crippen MR) is 79.5 cm³/mol. The Kier molecular flexibility index (Phi) is 4.67. The quantitative estimate of drug-likeness (QED) is 0.776. The topological polar surface area (TPSA) is 90.9 Å². The maximum absolute atomic E-state index is 12.8. The largest absolute Gasteiger partial charge is 0.393 e. The molecule has 1 aliphatic rings. The summed E-state index contributed by atoms with van der Waals surface area (Å²) >= 11 is 0.864. The van der Waals surface area contributed by atoms with Gasteiger partial charge in [0.15, 0.2) is 0 Å². The third-order valence-corrected chi connectivity index (χ3v) is 5.06. The molecule has 23 heavy (non-hydrogen) atoms. The molecule has 2 aromatic rings. The molecule has 0 aromatic carbocycles. The van der Waals surface area contributed by atoms with Gasteiger partial charge in [0.1, 0.15) is 12.2 Å². The molecule has 0 aliphatic heterocycles. The molecule has 9 heteroatoms. The smallest absolute Gasteiger partial charge is 0.273 e. The van der Waals surface area contributed by atoms with Crippen LogP contribution in [-0.2, 0) is 0 Å². The first-order valence-corrected chi connectivity index (χ1v) is 8.11. The van der Waals surface area contributed by atoms with Crippen molar-refractivity contribution in [3.63, 3.8) is 0 Å². The zero-order valence-corrected chi connectivity index (χ0v) is 12.9. The van der Waals surface area contributed by atoms with Crippen LogP contribution in [0, 0.1) is 5.92 Å². The van der Waals surface area contributed by atoms with Gasteiger partial charge in [0.2, 0.25) is 0 Å². The van der Waals surface area contributed by atoms with Crippen molar-refractivity contribution in [1.82, 2.24) is 20.5 Å². The van der Waals surface area contributed by atoms with E-state index in [-0.39, 0.29) is 28.8 Å². The highest BCUT2D eigenvalue weighted by atomic mass is 32.1. The minimum absolute atomic E-state index is 0.00395. The molecule has 3 atom stereocenters. The summed E-state index contributed by atoms with van der Waals surface area (Å²) in [4.78, 5) is 15.9. The summed E-state index contributed by atoms with van der Waals surface area (Å²) in [5.74, 6) is 0.113. The summed E-state index contributed by atoms with van der Waals surface area (Å²) in [7, 11) is 0. The highest BCUT2D eigenvalue weighted by Crippen LogP contribution is 2.36. The Hall–Kier alpha value is -1.87. The van der Waals surface area contributed by atoms with Gasteiger partial charge >= 0.3 is 0 Å². The van der Waals surface area contributed by atoms with Crippen molar-refractivity contribution < 1.29 is 18.7 Å². The average Bonchev–Trinajstić information content (AvgIpc) is 3.25. The number of carbonyl (C=O) groups is 1. The number of nitrogens with zero attached hydrogens (tertiary/aromatic N) is 2. The molecule has 2 aromatic heterocycles. The van der Waals surface area contributed by atoms with E-state index in [0.717, 1.165) is 17.2 Å². The molecule has 1 saturated carbocycles. The summed E-state index contributed by atoms with van der Waals surface area (Å²) in [5.41, 5.74) is 0.00395. The number of hydrogen-bond acceptors (Lipinski definition) is 5. The molecule has 1 fully saturated rings. The number of nitrogens with one attached hydrogen (secondary N) is 2. The summed E-state index contributed by atoms with van der Waals surface area (Å²) in [6, 6.07) is 1.39. The van der Waals surface area contributed by atoms with E-state index in [9.17, 15) is 18.7 Å². The van der Waals surface area contributed by atoms with Gasteiger partial charge in [0.05, 0.1) is 16.5 Å². The summed E-state index contributed by atoms with van der Waals surface area (Å²) in [6.07, 6.45) is -0.622. The maximum atomic E-state index is 12.8. The summed E-state index contributed by atoms with van der Waals surface area (Å²) in [5, 5.41) is 20.8. The third-order valence-electron chi connectivity index (χ3n) is 4.14. The number of aliphatic hydroxyl groups excluding tert-OH is 1. The van der Waals surface area contributed by atoms with Gasteiger partial charge in [-0.05, 0) is 24.3 Å². The molecule has 3 N–H and O–H groups in total. The molecule has 0 unspecified atom stereocenters. The molecular weight excluding hydrogens is 326 g/mol. The number of rotatable bonds is 5. The Labute approximate surface area is 134 Å². The van der Waals surface area contributed by atoms with Crippen molar-refractivity contribution in [3.05, 3.63) is 34.0 Å². The first-order valence-electron chi connectivity index (χ1n) is 7.23. The SMILES string of the molecule is O=C(NC[C@@H]1C[C@@H](c2ncn[nH]2)C[C@@H]1O)c1ccsc1C(F)F. The number of aromatic nitrogens is 3. The van der Waals surface area contributed by atoms with Gasteiger partial charge < -0.3 is 10.4 Å². The molecule has 3 rings (SSSR count). The fourth-order valence-electron chi connectivity index (χ4n) is 2.95. The van der Waals surface area contributed by atoms with E-state index in [2.05, 4.69) is 20.5 Å². The van der Waals surface area contributed by atoms with Crippen molar-refractivity contribution in [2.75, 3.05) is 6.54 Å². The molecule has 1 amide bonds. The molecule has 0 spiro atoms. The molecular formula is C14H16F2N4O2S. The van der Waals surface area contributed by atoms with Gasteiger partial charge in [-0.2, -0.15) is 5.10 Å². The zero-order valence-electron chi connectivity index (χ0n) is 12.1. The summed E-state index contributed by atoms with van der Waals surface area (Å²) < 4.78 is 25.6. The summed E-state index contributed by atoms with van der Waals surface area (Å²) in [6.45, 7) is 0.239. The van der Waals surface area contributed by atoms with E-state index in [1.807, 2.05) is 0 Å². The van der Waals surface area contributed by atoms with Crippen LogP contribution in [0.4, 0.5) is 8.78 Å². The van der Waals surface area contributed by atoms with E-state index >= 15 is 0 Å². The standard InChI is InChI=1S/C14H16F2N4O2S/c15-12(16)11-9(1-2-23-11)14(22)17-5-8-3-7(4-10(8)21)13-18-6-19-20-13/h1-2,6-8,10,12,21H,3-5H2,(H,17,22)(H,18,19,20)/t7-,8+,10+/m1/s1. The molecule has 0 saturated heterocycles. The molecule has 2 heterocycles. The number of amides is 1. The highest BCUT2D eigenvalue weighted by molar-refractivity contribution is 7.10. The number of aromatic amines is 1. The molecule has 124 valence electrons. The van der Waals surface area contributed by atoms with E-state index in [1.165, 1.54) is 17.8 Å². The lowest BCUT2D eigenvalue weighted by molar-refractivity contribution is 0.0906. The number of halogens is 2. The van der Waals surface area contributed by atoms with Crippen LogP contribution < -0.4 is 5.32 Å². The lowest BCUT2D eigenvalue weighted by Gasteiger charge is -2.15. The lowest BCUT2D eigenvalue weighted by Crippen LogP contribution is -2.32. The second kappa shape index (κ2) is 6.71. The lowest BCUT2D eigenvalue weighted by atomic mass is 10.0. The minimum atomic E-state index is -2.66.